The lowest BCUT2D eigenvalue weighted by atomic mass is 10.2. The average molecular weight is 496 g/mol. The highest BCUT2D eigenvalue weighted by Gasteiger charge is 2.30. The van der Waals surface area contributed by atoms with Gasteiger partial charge in [-0.3, -0.25) is 4.79 Å². The van der Waals surface area contributed by atoms with E-state index in [4.69, 9.17) is 4.74 Å². The zero-order chi connectivity index (χ0) is 24.2. The molecule has 9 nitrogen and oxygen atoms in total. The van der Waals surface area contributed by atoms with Gasteiger partial charge in [-0.2, -0.15) is 4.31 Å². The van der Waals surface area contributed by atoms with Crippen molar-refractivity contribution in [3.63, 3.8) is 0 Å². The number of amides is 1. The summed E-state index contributed by atoms with van der Waals surface area (Å²) in [5, 5.41) is 0. The van der Waals surface area contributed by atoms with Crippen molar-refractivity contribution < 1.29 is 26.4 Å². The van der Waals surface area contributed by atoms with Gasteiger partial charge in [0, 0.05) is 39.8 Å². The first-order valence-electron chi connectivity index (χ1n) is 10.4. The third-order valence-electron chi connectivity index (χ3n) is 5.51. The number of hydrogen-bond acceptors (Lipinski definition) is 6. The van der Waals surface area contributed by atoms with Gasteiger partial charge < -0.3 is 9.64 Å². The molecule has 0 radical (unpaired) electrons. The number of nitrogens with zero attached hydrogens (tertiary/aromatic N) is 3. The van der Waals surface area contributed by atoms with Crippen LogP contribution >= 0.6 is 0 Å². The highest BCUT2D eigenvalue weighted by molar-refractivity contribution is 7.89. The third kappa shape index (κ3) is 6.53. The van der Waals surface area contributed by atoms with Crippen molar-refractivity contribution in [2.45, 2.75) is 18.4 Å². The number of ether oxygens (including phenoxy) is 1. The minimum absolute atomic E-state index is 0.159. The van der Waals surface area contributed by atoms with Crippen LogP contribution in [0.5, 0.6) is 5.75 Å². The van der Waals surface area contributed by atoms with E-state index in [1.807, 2.05) is 6.92 Å². The molecule has 0 atom stereocenters. The summed E-state index contributed by atoms with van der Waals surface area (Å²) < 4.78 is 56.8. The topological polar surface area (TPSA) is 104 Å². The molecule has 0 bridgehead atoms. The maximum absolute atomic E-state index is 12.8. The fourth-order valence-electron chi connectivity index (χ4n) is 3.34. The van der Waals surface area contributed by atoms with E-state index < -0.39 is 20.0 Å². The molecule has 1 fully saturated rings. The molecule has 0 spiro atoms. The lowest BCUT2D eigenvalue weighted by molar-refractivity contribution is -0.134. The molecular formula is C22H29N3O6S2. The molecule has 1 aliphatic heterocycles. The van der Waals surface area contributed by atoms with Crippen LogP contribution in [0.2, 0.25) is 0 Å². The Bertz CT molecular complexity index is 1170. The van der Waals surface area contributed by atoms with Crippen LogP contribution in [0, 0.1) is 6.92 Å². The SMILES string of the molecule is Cc1ccc(S(=O)(=O)N2CCN(C(=O)COc3ccc(CN(C)S(C)(=O)=O)cc3)CC2)cc1. The van der Waals surface area contributed by atoms with E-state index in [0.717, 1.165) is 17.4 Å². The molecule has 1 heterocycles. The van der Waals surface area contributed by atoms with Gasteiger partial charge in [-0.05, 0) is 36.8 Å². The molecule has 1 saturated heterocycles. The van der Waals surface area contributed by atoms with Gasteiger partial charge in [0.05, 0.1) is 11.2 Å². The van der Waals surface area contributed by atoms with Crippen LogP contribution in [0.3, 0.4) is 0 Å². The second-order valence-corrected chi connectivity index (χ2v) is 12.1. The maximum Gasteiger partial charge on any atom is 0.260 e. The van der Waals surface area contributed by atoms with Crippen LogP contribution < -0.4 is 4.74 Å². The molecule has 2 aromatic carbocycles. The Morgan fingerprint density at radius 1 is 0.939 bits per heavy atom. The predicted octanol–water partition coefficient (Wildman–Crippen LogP) is 1.30. The van der Waals surface area contributed by atoms with E-state index in [1.165, 1.54) is 15.7 Å². The number of carbonyl (C=O) groups is 1. The second-order valence-electron chi connectivity index (χ2n) is 8.05. The molecule has 1 amide bonds. The number of carbonyl (C=O) groups excluding carboxylic acids is 1. The third-order valence-corrected chi connectivity index (χ3v) is 8.68. The largest absolute Gasteiger partial charge is 0.484 e. The fourth-order valence-corrected chi connectivity index (χ4v) is 5.14. The molecule has 0 N–H and O–H groups in total. The van der Waals surface area contributed by atoms with Crippen LogP contribution in [0.1, 0.15) is 11.1 Å². The van der Waals surface area contributed by atoms with E-state index in [-0.39, 0.29) is 37.0 Å². The smallest absolute Gasteiger partial charge is 0.260 e. The summed E-state index contributed by atoms with van der Waals surface area (Å²) in [5.41, 5.74) is 1.78. The van der Waals surface area contributed by atoms with Crippen molar-refractivity contribution in [1.82, 2.24) is 13.5 Å². The van der Waals surface area contributed by atoms with Crippen molar-refractivity contribution in [1.29, 1.82) is 0 Å². The molecule has 11 heteroatoms. The van der Waals surface area contributed by atoms with Gasteiger partial charge in [-0.1, -0.05) is 29.8 Å². The molecule has 0 aliphatic carbocycles. The number of aryl methyl sites for hydroxylation is 1. The minimum atomic E-state index is -3.58. The highest BCUT2D eigenvalue weighted by Crippen LogP contribution is 2.19. The van der Waals surface area contributed by atoms with E-state index in [0.29, 0.717) is 18.8 Å². The molecule has 180 valence electrons. The van der Waals surface area contributed by atoms with E-state index >= 15 is 0 Å². The van der Waals surface area contributed by atoms with Crippen LogP contribution in [0.4, 0.5) is 0 Å². The zero-order valence-electron chi connectivity index (χ0n) is 19.0. The van der Waals surface area contributed by atoms with Crippen LogP contribution in [0.15, 0.2) is 53.4 Å². The summed E-state index contributed by atoms with van der Waals surface area (Å²) in [6, 6.07) is 13.6. The summed E-state index contributed by atoms with van der Waals surface area (Å²) in [5.74, 6) is 0.276. The number of hydrogen-bond donors (Lipinski definition) is 0. The standard InChI is InChI=1S/C22H29N3O6S2/c1-18-4-10-21(11-5-18)33(29,30)25-14-12-24(13-15-25)22(26)17-31-20-8-6-19(7-9-20)16-23(2)32(3,27)28/h4-11H,12-17H2,1-3H3. The molecule has 3 rings (SSSR count). The highest BCUT2D eigenvalue weighted by atomic mass is 32.2. The Morgan fingerprint density at radius 2 is 1.52 bits per heavy atom. The average Bonchev–Trinajstić information content (AvgIpc) is 2.78. The summed E-state index contributed by atoms with van der Waals surface area (Å²) in [6.07, 6.45) is 1.15. The van der Waals surface area contributed by atoms with Crippen LogP contribution in [0.25, 0.3) is 0 Å². The Balaban J connectivity index is 1.49. The van der Waals surface area contributed by atoms with Crippen molar-refractivity contribution in [3.8, 4) is 5.75 Å². The number of benzene rings is 2. The number of sulfonamides is 2. The van der Waals surface area contributed by atoms with Gasteiger partial charge in [0.2, 0.25) is 20.0 Å². The van der Waals surface area contributed by atoms with Crippen molar-refractivity contribution >= 4 is 26.0 Å². The van der Waals surface area contributed by atoms with Gasteiger partial charge in [-0.25, -0.2) is 21.1 Å². The first kappa shape index (κ1) is 25.2. The van der Waals surface area contributed by atoms with Crippen molar-refractivity contribution in [3.05, 3.63) is 59.7 Å². The first-order chi connectivity index (χ1) is 15.5. The molecule has 0 saturated carbocycles. The van der Waals surface area contributed by atoms with Crippen molar-refractivity contribution in [2.24, 2.45) is 0 Å². The number of rotatable bonds is 8. The minimum Gasteiger partial charge on any atom is -0.484 e. The molecule has 0 unspecified atom stereocenters. The molecular weight excluding hydrogens is 466 g/mol. The van der Waals surface area contributed by atoms with Gasteiger partial charge in [-0.15, -0.1) is 0 Å². The van der Waals surface area contributed by atoms with Crippen LogP contribution in [-0.2, 0) is 31.4 Å². The van der Waals surface area contributed by atoms with E-state index in [2.05, 4.69) is 0 Å². The van der Waals surface area contributed by atoms with Gasteiger partial charge >= 0.3 is 0 Å². The molecule has 33 heavy (non-hydrogen) atoms. The lowest BCUT2D eigenvalue weighted by Crippen LogP contribution is -2.51. The Kier molecular flexibility index (Phi) is 7.78. The van der Waals surface area contributed by atoms with Crippen LogP contribution in [-0.4, -0.2) is 82.3 Å². The quantitative estimate of drug-likeness (QED) is 0.547. The summed E-state index contributed by atoms with van der Waals surface area (Å²) in [7, 11) is -5.34. The van der Waals surface area contributed by atoms with Gasteiger partial charge in [0.15, 0.2) is 6.61 Å². The summed E-state index contributed by atoms with van der Waals surface area (Å²) in [4.78, 5) is 14.4. The molecule has 0 aromatic heterocycles. The Labute approximate surface area is 195 Å². The Morgan fingerprint density at radius 3 is 2.06 bits per heavy atom. The monoisotopic (exact) mass is 495 g/mol. The summed E-state index contributed by atoms with van der Waals surface area (Å²) in [6.45, 7) is 3.03. The Hall–Kier alpha value is -2.47. The van der Waals surface area contributed by atoms with Gasteiger partial charge in [0.1, 0.15) is 5.75 Å². The normalized spacial score (nSPS) is 15.6. The van der Waals surface area contributed by atoms with E-state index in [9.17, 15) is 21.6 Å². The van der Waals surface area contributed by atoms with E-state index in [1.54, 1.807) is 53.4 Å². The number of piperazine rings is 1. The molecule has 1 aliphatic rings. The maximum atomic E-state index is 12.8. The molecule has 2 aromatic rings. The van der Waals surface area contributed by atoms with Gasteiger partial charge in [0.25, 0.3) is 5.91 Å². The summed E-state index contributed by atoms with van der Waals surface area (Å²) >= 11 is 0. The van der Waals surface area contributed by atoms with Crippen molar-refractivity contribution in [2.75, 3.05) is 46.1 Å². The fraction of sp³-hybridized carbons (Fsp3) is 0.409. The predicted molar refractivity (Wildman–Crippen MR) is 125 cm³/mol. The lowest BCUT2D eigenvalue weighted by Gasteiger charge is -2.34. The first-order valence-corrected chi connectivity index (χ1v) is 13.7. The zero-order valence-corrected chi connectivity index (χ0v) is 20.6. The second kappa shape index (κ2) is 10.2.